The third-order valence-corrected chi connectivity index (χ3v) is 2.65. The van der Waals surface area contributed by atoms with Crippen molar-refractivity contribution in [3.8, 4) is 0 Å². The van der Waals surface area contributed by atoms with Gasteiger partial charge in [-0.2, -0.15) is 0 Å². The topological polar surface area (TPSA) is 92.4 Å². The van der Waals surface area contributed by atoms with Crippen LogP contribution in [0, 0.1) is 5.82 Å². The van der Waals surface area contributed by atoms with Crippen LogP contribution in [-0.2, 0) is 0 Å². The molecule has 0 heterocycles. The second-order valence-corrected chi connectivity index (χ2v) is 4.04. The van der Waals surface area contributed by atoms with E-state index in [0.29, 0.717) is 11.3 Å². The smallest absolute Gasteiger partial charge is 0.340 e. The van der Waals surface area contributed by atoms with Gasteiger partial charge in [0.1, 0.15) is 11.4 Å². The summed E-state index contributed by atoms with van der Waals surface area (Å²) < 4.78 is 13.5. The minimum atomic E-state index is -1.45. The third-order valence-electron chi connectivity index (χ3n) is 2.65. The van der Waals surface area contributed by atoms with Crippen molar-refractivity contribution >= 4 is 23.3 Å². The van der Waals surface area contributed by atoms with E-state index in [1.54, 1.807) is 12.1 Å². The Kier molecular flexibility index (Phi) is 3.65. The molecule has 0 fully saturated rings. The molecule has 1 amide bonds. The van der Waals surface area contributed by atoms with Crippen molar-refractivity contribution < 1.29 is 19.1 Å². The number of anilines is 2. The fourth-order valence-corrected chi connectivity index (χ4v) is 1.67. The molecular formula is C14H11FN2O3. The number of nitrogen functional groups attached to an aromatic ring is 1. The molecular weight excluding hydrogens is 263 g/mol. The molecule has 2 aromatic rings. The molecule has 0 saturated heterocycles. The van der Waals surface area contributed by atoms with Crippen molar-refractivity contribution in [2.24, 2.45) is 0 Å². The van der Waals surface area contributed by atoms with E-state index in [9.17, 15) is 14.0 Å². The predicted molar refractivity (Wildman–Crippen MR) is 72.2 cm³/mol. The first kappa shape index (κ1) is 13.5. The molecule has 0 aliphatic carbocycles. The van der Waals surface area contributed by atoms with Crippen molar-refractivity contribution in [3.05, 3.63) is 59.4 Å². The van der Waals surface area contributed by atoms with Crippen LogP contribution in [0.1, 0.15) is 20.7 Å². The highest BCUT2D eigenvalue weighted by Gasteiger charge is 2.17. The average Bonchev–Trinajstić information content (AvgIpc) is 2.39. The summed E-state index contributed by atoms with van der Waals surface area (Å²) in [6.07, 6.45) is 0. The molecule has 0 spiro atoms. The summed E-state index contributed by atoms with van der Waals surface area (Å²) in [7, 11) is 0. The quantitative estimate of drug-likeness (QED) is 0.749. The van der Waals surface area contributed by atoms with E-state index < -0.39 is 23.3 Å². The lowest BCUT2D eigenvalue weighted by molar-refractivity contribution is 0.0693. The Morgan fingerprint density at radius 2 is 1.75 bits per heavy atom. The minimum absolute atomic E-state index is 0.0978. The van der Waals surface area contributed by atoms with Crippen molar-refractivity contribution in [2.45, 2.75) is 0 Å². The van der Waals surface area contributed by atoms with E-state index in [4.69, 9.17) is 10.8 Å². The Balaban J connectivity index is 2.30. The highest BCUT2D eigenvalue weighted by Crippen LogP contribution is 2.20. The van der Waals surface area contributed by atoms with Crippen LogP contribution in [0.25, 0.3) is 0 Å². The Morgan fingerprint density at radius 3 is 2.35 bits per heavy atom. The molecule has 0 radical (unpaired) electrons. The van der Waals surface area contributed by atoms with E-state index in [1.165, 1.54) is 24.3 Å². The summed E-state index contributed by atoms with van der Waals surface area (Å²) in [4.78, 5) is 22.9. The lowest BCUT2D eigenvalue weighted by atomic mass is 10.1. The van der Waals surface area contributed by atoms with E-state index >= 15 is 0 Å². The summed E-state index contributed by atoms with van der Waals surface area (Å²) in [6, 6.07) is 9.72. The molecule has 0 aromatic heterocycles. The monoisotopic (exact) mass is 274 g/mol. The number of carbonyl (C=O) groups is 2. The van der Waals surface area contributed by atoms with Gasteiger partial charge in [-0.1, -0.05) is 6.07 Å². The van der Waals surface area contributed by atoms with Crippen molar-refractivity contribution in [1.29, 1.82) is 0 Å². The Labute approximate surface area is 113 Å². The molecule has 0 atom stereocenters. The molecule has 0 aliphatic heterocycles. The number of rotatable bonds is 3. The first-order valence-corrected chi connectivity index (χ1v) is 5.67. The van der Waals surface area contributed by atoms with E-state index in [1.807, 2.05) is 0 Å². The number of carboxylic acid groups (broad SMARTS) is 1. The first-order valence-electron chi connectivity index (χ1n) is 5.67. The van der Waals surface area contributed by atoms with Crippen LogP contribution in [0.3, 0.4) is 0 Å². The summed E-state index contributed by atoms with van der Waals surface area (Å²) in [5.41, 5.74) is 5.62. The lowest BCUT2D eigenvalue weighted by Gasteiger charge is -2.09. The summed E-state index contributed by atoms with van der Waals surface area (Å²) >= 11 is 0. The molecule has 102 valence electrons. The highest BCUT2D eigenvalue weighted by atomic mass is 19.1. The molecule has 6 heteroatoms. The van der Waals surface area contributed by atoms with Crippen LogP contribution in [0.4, 0.5) is 15.8 Å². The van der Waals surface area contributed by atoms with Crippen LogP contribution in [0.2, 0.25) is 0 Å². The minimum Gasteiger partial charge on any atom is -0.478 e. The number of benzene rings is 2. The molecule has 2 rings (SSSR count). The van der Waals surface area contributed by atoms with Crippen molar-refractivity contribution in [1.82, 2.24) is 0 Å². The van der Waals surface area contributed by atoms with Gasteiger partial charge in [0.05, 0.1) is 5.69 Å². The van der Waals surface area contributed by atoms with Gasteiger partial charge in [-0.05, 0) is 36.4 Å². The van der Waals surface area contributed by atoms with E-state index in [-0.39, 0.29) is 5.69 Å². The summed E-state index contributed by atoms with van der Waals surface area (Å²) in [5.74, 6) is -2.90. The fourth-order valence-electron chi connectivity index (χ4n) is 1.67. The molecule has 20 heavy (non-hydrogen) atoms. The van der Waals surface area contributed by atoms with Crippen molar-refractivity contribution in [3.63, 3.8) is 0 Å². The van der Waals surface area contributed by atoms with Crippen LogP contribution in [0.15, 0.2) is 42.5 Å². The molecule has 2 aromatic carbocycles. The van der Waals surface area contributed by atoms with Crippen LogP contribution in [0.5, 0.6) is 0 Å². The van der Waals surface area contributed by atoms with Gasteiger partial charge in [-0.3, -0.25) is 4.79 Å². The van der Waals surface area contributed by atoms with Gasteiger partial charge in [0.2, 0.25) is 0 Å². The third kappa shape index (κ3) is 2.74. The van der Waals surface area contributed by atoms with Gasteiger partial charge < -0.3 is 16.2 Å². The van der Waals surface area contributed by atoms with Crippen LogP contribution >= 0.6 is 0 Å². The number of hydrogen-bond donors (Lipinski definition) is 3. The zero-order valence-corrected chi connectivity index (χ0v) is 10.3. The molecule has 4 N–H and O–H groups in total. The summed E-state index contributed by atoms with van der Waals surface area (Å²) in [6.45, 7) is 0. The zero-order chi connectivity index (χ0) is 14.7. The number of carbonyl (C=O) groups excluding carboxylic acids is 1. The Hall–Kier alpha value is -2.89. The zero-order valence-electron chi connectivity index (χ0n) is 10.3. The maximum Gasteiger partial charge on any atom is 0.340 e. The first-order chi connectivity index (χ1) is 9.49. The maximum absolute atomic E-state index is 13.5. The standard InChI is InChI=1S/C14H11FN2O3/c15-10-2-1-3-11(12(10)14(19)20)17-13(18)8-4-6-9(16)7-5-8/h1-7H,16H2,(H,17,18)(H,19,20). The second kappa shape index (κ2) is 5.40. The SMILES string of the molecule is Nc1ccc(C(=O)Nc2cccc(F)c2C(=O)O)cc1. The molecule has 0 bridgehead atoms. The average molecular weight is 274 g/mol. The number of halogens is 1. The molecule has 0 saturated carbocycles. The molecule has 0 aliphatic rings. The Morgan fingerprint density at radius 1 is 1.10 bits per heavy atom. The number of carboxylic acids is 1. The number of nitrogens with two attached hydrogens (primary N) is 1. The number of amides is 1. The number of hydrogen-bond acceptors (Lipinski definition) is 3. The fraction of sp³-hybridized carbons (Fsp3) is 0. The Bertz CT molecular complexity index is 669. The van der Waals surface area contributed by atoms with E-state index in [2.05, 4.69) is 5.32 Å². The van der Waals surface area contributed by atoms with Gasteiger partial charge >= 0.3 is 5.97 Å². The van der Waals surface area contributed by atoms with Crippen LogP contribution < -0.4 is 11.1 Å². The van der Waals surface area contributed by atoms with Crippen LogP contribution in [-0.4, -0.2) is 17.0 Å². The maximum atomic E-state index is 13.5. The summed E-state index contributed by atoms with van der Waals surface area (Å²) in [5, 5.41) is 11.3. The van der Waals surface area contributed by atoms with Gasteiger partial charge in [-0.25, -0.2) is 9.18 Å². The molecule has 0 unspecified atom stereocenters. The van der Waals surface area contributed by atoms with Crippen molar-refractivity contribution in [2.75, 3.05) is 11.1 Å². The predicted octanol–water partition coefficient (Wildman–Crippen LogP) is 2.36. The van der Waals surface area contributed by atoms with Gasteiger partial charge in [-0.15, -0.1) is 0 Å². The van der Waals surface area contributed by atoms with Gasteiger partial charge in [0.15, 0.2) is 0 Å². The van der Waals surface area contributed by atoms with Gasteiger partial charge in [0.25, 0.3) is 5.91 Å². The second-order valence-electron chi connectivity index (χ2n) is 4.04. The number of nitrogens with one attached hydrogen (secondary N) is 1. The normalized spacial score (nSPS) is 10.1. The highest BCUT2D eigenvalue weighted by molar-refractivity contribution is 6.07. The lowest BCUT2D eigenvalue weighted by Crippen LogP contribution is -2.15. The van der Waals surface area contributed by atoms with Gasteiger partial charge in [0, 0.05) is 11.3 Å². The largest absolute Gasteiger partial charge is 0.478 e. The van der Waals surface area contributed by atoms with E-state index in [0.717, 1.165) is 6.07 Å². The number of aromatic carboxylic acids is 1. The molecule has 5 nitrogen and oxygen atoms in total.